The van der Waals surface area contributed by atoms with Gasteiger partial charge in [0.1, 0.15) is 0 Å². The molecule has 36 heavy (non-hydrogen) atoms. The average Bonchev–Trinajstić information content (AvgIpc) is 2.91. The number of ether oxygens (including phenoxy) is 4. The summed E-state index contributed by atoms with van der Waals surface area (Å²) in [5.41, 5.74) is 0. The lowest BCUT2D eigenvalue weighted by Gasteiger charge is -2.48. The summed E-state index contributed by atoms with van der Waals surface area (Å²) in [5, 5.41) is 0. The average molecular weight is 509 g/mol. The predicted molar refractivity (Wildman–Crippen MR) is 146 cm³/mol. The Balaban J connectivity index is 1.25. The van der Waals surface area contributed by atoms with Crippen LogP contribution in [0.1, 0.15) is 91.9 Å². The van der Waals surface area contributed by atoms with Gasteiger partial charge in [0.15, 0.2) is 0 Å². The van der Waals surface area contributed by atoms with Crippen molar-refractivity contribution in [1.29, 1.82) is 0 Å². The molecule has 2 aliphatic carbocycles. The van der Waals surface area contributed by atoms with Gasteiger partial charge in [0.2, 0.25) is 0 Å². The van der Waals surface area contributed by atoms with Gasteiger partial charge in [0, 0.05) is 38.5 Å². The van der Waals surface area contributed by atoms with Gasteiger partial charge in [-0.3, -0.25) is 9.80 Å². The van der Waals surface area contributed by atoms with Gasteiger partial charge in [0.05, 0.1) is 24.4 Å². The number of likely N-dealkylation sites (tertiary alicyclic amines) is 2. The molecule has 2 saturated heterocycles. The fraction of sp³-hybridized carbons (Fsp3) is 1.00. The SMILES string of the molecule is CCOC1CCC(OCC)C(N2CCC(C3CCN(C4CC(OCC)CCC4OCC)CC3)CC2)C1. The third-order valence-electron chi connectivity index (χ3n) is 9.73. The summed E-state index contributed by atoms with van der Waals surface area (Å²) in [6, 6.07) is 1.08. The molecule has 0 radical (unpaired) electrons. The lowest BCUT2D eigenvalue weighted by molar-refractivity contribution is -0.0897. The molecule has 6 nitrogen and oxygen atoms in total. The third-order valence-corrected chi connectivity index (χ3v) is 9.73. The van der Waals surface area contributed by atoms with Crippen molar-refractivity contribution in [3.8, 4) is 0 Å². The van der Waals surface area contributed by atoms with E-state index in [0.717, 1.165) is 76.8 Å². The summed E-state index contributed by atoms with van der Waals surface area (Å²) in [7, 11) is 0. The molecule has 0 aromatic carbocycles. The molecular formula is C30H56N2O4. The highest BCUT2D eigenvalue weighted by atomic mass is 16.5. The quantitative estimate of drug-likeness (QED) is 0.385. The van der Waals surface area contributed by atoms with Gasteiger partial charge in [-0.15, -0.1) is 0 Å². The van der Waals surface area contributed by atoms with Crippen molar-refractivity contribution >= 4 is 0 Å². The van der Waals surface area contributed by atoms with Crippen LogP contribution in [-0.2, 0) is 18.9 Å². The third kappa shape index (κ3) is 7.45. The predicted octanol–water partition coefficient (Wildman–Crippen LogP) is 5.14. The Labute approximate surface area is 221 Å². The molecule has 2 aliphatic heterocycles. The summed E-state index contributed by atoms with van der Waals surface area (Å²) >= 11 is 0. The minimum absolute atomic E-state index is 0.390. The molecule has 0 spiro atoms. The van der Waals surface area contributed by atoms with Crippen LogP contribution < -0.4 is 0 Å². The Morgan fingerprint density at radius 1 is 0.472 bits per heavy atom. The van der Waals surface area contributed by atoms with Crippen LogP contribution in [0.25, 0.3) is 0 Å². The topological polar surface area (TPSA) is 43.4 Å². The first kappa shape index (κ1) is 28.8. The second-order valence-electron chi connectivity index (χ2n) is 11.6. The highest BCUT2D eigenvalue weighted by Gasteiger charge is 2.40. The van der Waals surface area contributed by atoms with E-state index in [2.05, 4.69) is 37.5 Å². The highest BCUT2D eigenvalue weighted by molar-refractivity contribution is 4.94. The lowest BCUT2D eigenvalue weighted by Crippen LogP contribution is -2.54. The van der Waals surface area contributed by atoms with Gasteiger partial charge in [0.25, 0.3) is 0 Å². The van der Waals surface area contributed by atoms with Gasteiger partial charge >= 0.3 is 0 Å². The van der Waals surface area contributed by atoms with E-state index in [0.29, 0.717) is 36.5 Å². The molecule has 4 rings (SSSR count). The fourth-order valence-electron chi connectivity index (χ4n) is 7.97. The van der Waals surface area contributed by atoms with Crippen molar-refractivity contribution in [3.05, 3.63) is 0 Å². The van der Waals surface area contributed by atoms with E-state index in [4.69, 9.17) is 18.9 Å². The zero-order valence-corrected chi connectivity index (χ0v) is 23.9. The van der Waals surface area contributed by atoms with Crippen molar-refractivity contribution in [3.63, 3.8) is 0 Å². The van der Waals surface area contributed by atoms with Gasteiger partial charge in [-0.25, -0.2) is 0 Å². The molecule has 0 amide bonds. The van der Waals surface area contributed by atoms with Gasteiger partial charge in [-0.2, -0.15) is 0 Å². The van der Waals surface area contributed by atoms with Crippen LogP contribution in [-0.4, -0.2) is 98.9 Å². The number of hydrogen-bond acceptors (Lipinski definition) is 6. The Hall–Kier alpha value is -0.240. The molecule has 0 bridgehead atoms. The molecule has 6 heteroatoms. The molecular weight excluding hydrogens is 452 g/mol. The zero-order chi connectivity index (χ0) is 25.3. The molecule has 6 unspecified atom stereocenters. The number of nitrogens with zero attached hydrogens (tertiary/aromatic N) is 2. The van der Waals surface area contributed by atoms with Crippen LogP contribution in [0.5, 0.6) is 0 Å². The van der Waals surface area contributed by atoms with Crippen molar-refractivity contribution in [2.24, 2.45) is 11.8 Å². The summed E-state index contributed by atoms with van der Waals surface area (Å²) in [6.45, 7) is 16.8. The molecule has 4 aliphatic rings. The zero-order valence-electron chi connectivity index (χ0n) is 23.9. The Morgan fingerprint density at radius 3 is 1.17 bits per heavy atom. The monoisotopic (exact) mass is 508 g/mol. The molecule has 210 valence electrons. The van der Waals surface area contributed by atoms with Gasteiger partial charge in [-0.05, 0) is 130 Å². The molecule has 0 aromatic heterocycles. The molecule has 0 aromatic rings. The largest absolute Gasteiger partial charge is 0.378 e. The van der Waals surface area contributed by atoms with Crippen molar-refractivity contribution < 1.29 is 18.9 Å². The first-order valence-corrected chi connectivity index (χ1v) is 15.6. The van der Waals surface area contributed by atoms with Crippen LogP contribution in [0.3, 0.4) is 0 Å². The first-order chi connectivity index (χ1) is 17.7. The van der Waals surface area contributed by atoms with E-state index in [9.17, 15) is 0 Å². The molecule has 0 N–H and O–H groups in total. The standard InChI is InChI=1S/C30H56N2O4/c1-5-33-25-9-11-29(35-7-3)27(21-25)31-17-13-23(14-18-31)24-15-19-32(20-16-24)28-22-26(34-6-2)10-12-30(28)36-8-4/h23-30H,5-22H2,1-4H3. The maximum atomic E-state index is 6.21. The van der Waals surface area contributed by atoms with Crippen molar-refractivity contribution in [2.75, 3.05) is 52.6 Å². The summed E-state index contributed by atoms with van der Waals surface area (Å²) < 4.78 is 24.5. The Bertz CT molecular complexity index is 554. The fourth-order valence-corrected chi connectivity index (χ4v) is 7.97. The van der Waals surface area contributed by atoms with E-state index in [-0.39, 0.29) is 0 Å². The molecule has 2 heterocycles. The minimum atomic E-state index is 0.390. The Kier molecular flexibility index (Phi) is 11.8. The van der Waals surface area contributed by atoms with Crippen LogP contribution >= 0.6 is 0 Å². The number of rotatable bonds is 11. The summed E-state index contributed by atoms with van der Waals surface area (Å²) in [6.07, 6.45) is 13.9. The van der Waals surface area contributed by atoms with E-state index in [1.807, 2.05) is 0 Å². The van der Waals surface area contributed by atoms with E-state index in [1.165, 1.54) is 51.9 Å². The second-order valence-corrected chi connectivity index (χ2v) is 11.6. The van der Waals surface area contributed by atoms with Crippen LogP contribution in [0.4, 0.5) is 0 Å². The maximum Gasteiger partial charge on any atom is 0.0732 e. The normalized spacial score (nSPS) is 36.3. The van der Waals surface area contributed by atoms with E-state index in [1.54, 1.807) is 0 Å². The van der Waals surface area contributed by atoms with E-state index >= 15 is 0 Å². The lowest BCUT2D eigenvalue weighted by atomic mass is 9.77. The summed E-state index contributed by atoms with van der Waals surface area (Å²) in [5.74, 6) is 1.79. The van der Waals surface area contributed by atoms with Crippen molar-refractivity contribution in [1.82, 2.24) is 9.80 Å². The smallest absolute Gasteiger partial charge is 0.0732 e. The van der Waals surface area contributed by atoms with E-state index < -0.39 is 0 Å². The summed E-state index contributed by atoms with van der Waals surface area (Å²) in [4.78, 5) is 5.53. The van der Waals surface area contributed by atoms with Gasteiger partial charge in [-0.1, -0.05) is 0 Å². The van der Waals surface area contributed by atoms with Crippen molar-refractivity contribution in [2.45, 2.75) is 128 Å². The second kappa shape index (κ2) is 14.8. The minimum Gasteiger partial charge on any atom is -0.378 e. The molecule has 6 atom stereocenters. The number of hydrogen-bond donors (Lipinski definition) is 0. The number of piperidine rings is 2. The van der Waals surface area contributed by atoms with Crippen LogP contribution in [0.2, 0.25) is 0 Å². The molecule has 4 fully saturated rings. The van der Waals surface area contributed by atoms with Crippen LogP contribution in [0.15, 0.2) is 0 Å². The van der Waals surface area contributed by atoms with Gasteiger partial charge < -0.3 is 18.9 Å². The molecule has 2 saturated carbocycles. The highest BCUT2D eigenvalue weighted by Crippen LogP contribution is 2.38. The van der Waals surface area contributed by atoms with Crippen LogP contribution in [0, 0.1) is 11.8 Å². The first-order valence-electron chi connectivity index (χ1n) is 15.6. The Morgan fingerprint density at radius 2 is 0.833 bits per heavy atom. The maximum absolute atomic E-state index is 6.21.